The summed E-state index contributed by atoms with van der Waals surface area (Å²) in [5.41, 5.74) is 0. The fourth-order valence-electron chi connectivity index (χ4n) is 4.09. The zero-order valence-corrected chi connectivity index (χ0v) is 40.6. The Kier molecular flexibility index (Phi) is 69.1. The maximum Gasteiger partial charge on any atom is 0.303 e. The summed E-state index contributed by atoms with van der Waals surface area (Å²) in [6.07, 6.45) is 19.0. The van der Waals surface area contributed by atoms with E-state index in [0.717, 1.165) is 145 Å². The van der Waals surface area contributed by atoms with Gasteiger partial charge in [-0.15, -0.1) is 17.9 Å². The molecule has 6 unspecified atom stereocenters. The molecule has 51 heavy (non-hydrogen) atoms. The summed E-state index contributed by atoms with van der Waals surface area (Å²) in [7, 11) is 4.67. The minimum Gasteiger partial charge on any atom is -0.481 e. The van der Waals surface area contributed by atoms with Crippen molar-refractivity contribution < 1.29 is 24.3 Å². The first-order valence-electron chi connectivity index (χ1n) is 17.9. The van der Waals surface area contributed by atoms with Gasteiger partial charge in [-0.25, -0.2) is 0 Å². The molecule has 0 aromatic carbocycles. The number of hydrogen-bond acceptors (Lipinski definition) is 12. The third-order valence-corrected chi connectivity index (χ3v) is 10.1. The molecule has 0 saturated heterocycles. The predicted molar refractivity (Wildman–Crippen MR) is 265 cm³/mol. The lowest BCUT2D eigenvalue weighted by Crippen LogP contribution is -2.00. The van der Waals surface area contributed by atoms with Crippen LogP contribution in [0.3, 0.4) is 0 Å². The van der Waals surface area contributed by atoms with E-state index in [2.05, 4.69) is 119 Å². The van der Waals surface area contributed by atoms with Crippen molar-refractivity contribution >= 4 is 142 Å². The summed E-state index contributed by atoms with van der Waals surface area (Å²) in [6.45, 7) is 4.93. The Labute approximate surface area is 364 Å². The Morgan fingerprint density at radius 2 is 0.627 bits per heavy atom. The predicted octanol–water partition coefficient (Wildman–Crippen LogP) is 11.8. The third-order valence-electron chi connectivity index (χ3n) is 6.98. The average Bonchev–Trinajstić information content (AvgIpc) is 3.04. The van der Waals surface area contributed by atoms with Crippen LogP contribution in [0, 0.1) is 0 Å². The van der Waals surface area contributed by atoms with Gasteiger partial charge >= 0.3 is 5.97 Å². The van der Waals surface area contributed by atoms with Crippen molar-refractivity contribution in [2.45, 2.75) is 178 Å². The molecular weight excluding hydrogens is 831 g/mol. The van der Waals surface area contributed by atoms with Gasteiger partial charge in [-0.3, -0.25) is 4.79 Å². The number of aliphatic carboxylic acids is 1. The molecule has 15 heteroatoms. The lowest BCUT2D eigenvalue weighted by Gasteiger charge is -2.07. The van der Waals surface area contributed by atoms with Crippen molar-refractivity contribution in [1.29, 1.82) is 0 Å². The summed E-state index contributed by atoms with van der Waals surface area (Å²) >= 11 is 34.0. The van der Waals surface area contributed by atoms with Crippen LogP contribution in [0.25, 0.3) is 0 Å². The van der Waals surface area contributed by atoms with Crippen molar-refractivity contribution in [2.24, 2.45) is 0 Å². The highest BCUT2D eigenvalue weighted by molar-refractivity contribution is 7.92. The number of unbranched alkanes of at least 4 members (excludes halogenated alkanes) is 4. The van der Waals surface area contributed by atoms with E-state index in [-0.39, 0.29) is 13.8 Å². The zero-order valence-electron chi connectivity index (χ0n) is 31.1. The molecule has 5 nitrogen and oxygen atoms in total. The van der Waals surface area contributed by atoms with Crippen molar-refractivity contribution in [3.05, 3.63) is 0 Å². The van der Waals surface area contributed by atoms with Crippen molar-refractivity contribution in [3.8, 4) is 0 Å². The molecule has 0 rings (SSSR count). The van der Waals surface area contributed by atoms with E-state index < -0.39 is 5.97 Å². The van der Waals surface area contributed by atoms with E-state index in [1.807, 2.05) is 0 Å². The molecule has 0 saturated carbocycles. The van der Waals surface area contributed by atoms with Gasteiger partial charge in [0.1, 0.15) is 17.3 Å². The first-order chi connectivity index (χ1) is 23.7. The van der Waals surface area contributed by atoms with Gasteiger partial charge in [0.05, 0.1) is 0 Å². The molecule has 6 atom stereocenters. The third kappa shape index (κ3) is 73.8. The SMILES string of the molecule is C.CC(=O)CCCCC(S)CCS.CC(=O)CCCCC(S)CCS.CC(=O)CCCCC(S)CCS.O=C(O)CCCCC(S)CCS.PP. The highest BCUT2D eigenvalue weighted by atomic mass is 32.1. The van der Waals surface area contributed by atoms with Crippen LogP contribution < -0.4 is 0 Å². The number of carbonyl (C=O) groups is 4. The second-order valence-corrected chi connectivity index (χ2v) is 16.9. The molecule has 0 aromatic heterocycles. The van der Waals surface area contributed by atoms with E-state index in [1.165, 1.54) is 0 Å². The van der Waals surface area contributed by atoms with Crippen LogP contribution in [-0.2, 0) is 19.2 Å². The quantitative estimate of drug-likeness (QED) is 0.0222. The Bertz CT molecular complexity index is 638. The van der Waals surface area contributed by atoms with E-state index >= 15 is 0 Å². The summed E-state index contributed by atoms with van der Waals surface area (Å²) < 4.78 is 0. The Hall–Kier alpha value is 2.14. The van der Waals surface area contributed by atoms with Crippen molar-refractivity contribution in [3.63, 3.8) is 0 Å². The average molecular weight is 909 g/mol. The van der Waals surface area contributed by atoms with Gasteiger partial charge in [-0.2, -0.15) is 101 Å². The van der Waals surface area contributed by atoms with E-state index in [0.29, 0.717) is 38.3 Å². The van der Waals surface area contributed by atoms with Gasteiger partial charge in [-0.05, 0) is 121 Å². The monoisotopic (exact) mass is 908 g/mol. The highest BCUT2D eigenvalue weighted by Gasteiger charge is 2.04. The summed E-state index contributed by atoms with van der Waals surface area (Å²) in [5, 5.41) is 10.1. The number of ketones is 3. The minimum atomic E-state index is -0.708. The second-order valence-electron chi connectivity index (χ2n) is 12.1. The van der Waals surface area contributed by atoms with Gasteiger partial charge in [0.15, 0.2) is 0 Å². The maximum atomic E-state index is 10.6. The van der Waals surface area contributed by atoms with E-state index in [1.54, 1.807) is 20.8 Å². The van der Waals surface area contributed by atoms with Crippen LogP contribution in [0.15, 0.2) is 0 Å². The number of Topliss-reactive ketones (excluding diaryl/α,β-unsaturated/α-hetero) is 3. The molecule has 0 aliphatic rings. The molecule has 0 radical (unpaired) electrons. The van der Waals surface area contributed by atoms with Gasteiger partial charge in [0.25, 0.3) is 0 Å². The highest BCUT2D eigenvalue weighted by Crippen LogP contribution is 2.15. The minimum absolute atomic E-state index is 0. The van der Waals surface area contributed by atoms with Crippen molar-refractivity contribution in [1.82, 2.24) is 0 Å². The molecule has 0 aromatic rings. The molecule has 0 heterocycles. The maximum absolute atomic E-state index is 10.6. The fourth-order valence-corrected chi connectivity index (χ4v) is 7.40. The molecule has 310 valence electrons. The van der Waals surface area contributed by atoms with E-state index in [9.17, 15) is 19.2 Å². The fraction of sp³-hybridized carbons (Fsp3) is 0.889. The molecule has 0 amide bonds. The molecule has 0 fully saturated rings. The van der Waals surface area contributed by atoms with Gasteiger partial charge in [0.2, 0.25) is 0 Å². The number of hydrogen-bond donors (Lipinski definition) is 9. The Morgan fingerprint density at radius 3 is 0.784 bits per heavy atom. The van der Waals surface area contributed by atoms with E-state index in [4.69, 9.17) is 5.11 Å². The molecule has 0 bridgehead atoms. The first-order valence-corrected chi connectivity index (χ1v) is 25.1. The normalized spacial score (nSPS) is 12.3. The van der Waals surface area contributed by atoms with Crippen LogP contribution in [0.4, 0.5) is 0 Å². The summed E-state index contributed by atoms with van der Waals surface area (Å²) in [5.74, 6) is 3.73. The Morgan fingerprint density at radius 1 is 0.431 bits per heavy atom. The molecule has 0 aliphatic heterocycles. The van der Waals surface area contributed by atoms with Gasteiger partial charge in [-0.1, -0.05) is 33.1 Å². The topological polar surface area (TPSA) is 88.5 Å². The Balaban J connectivity index is -0.000000129. The van der Waals surface area contributed by atoms with Crippen molar-refractivity contribution in [2.75, 3.05) is 23.0 Å². The lowest BCUT2D eigenvalue weighted by atomic mass is 10.1. The van der Waals surface area contributed by atoms with Crippen LogP contribution in [0.2, 0.25) is 0 Å². The molecule has 0 aliphatic carbocycles. The smallest absolute Gasteiger partial charge is 0.303 e. The number of carbonyl (C=O) groups excluding carboxylic acids is 3. The number of rotatable bonds is 28. The number of carboxylic acid groups (broad SMARTS) is 1. The number of thiol groups is 8. The largest absolute Gasteiger partial charge is 0.481 e. The molecular formula is C36H78O5P2S8. The second kappa shape index (κ2) is 54.2. The van der Waals surface area contributed by atoms with Crippen LogP contribution in [0.1, 0.15) is 157 Å². The summed E-state index contributed by atoms with van der Waals surface area (Å²) in [4.78, 5) is 41.9. The number of carboxylic acids is 1. The lowest BCUT2D eigenvalue weighted by molar-refractivity contribution is -0.137. The standard InChI is InChI=1S/3C9H18OS2.C8H16O2S2.CH4.H4P2/c3*1-8(10)4-2-3-5-9(12)6-7-11;9-8(10)4-2-1-3-7(12)5-6-11;;1-2/h3*9,11-12H,2-7H2,1H3;7,11-12H,1-6H2,(H,9,10);1H4;1-2H2. The molecule has 1 N–H and O–H groups in total. The molecule has 0 spiro atoms. The van der Waals surface area contributed by atoms with Crippen LogP contribution in [0.5, 0.6) is 0 Å². The van der Waals surface area contributed by atoms with Gasteiger partial charge < -0.3 is 19.5 Å². The first kappa shape index (κ1) is 65.0. The van der Waals surface area contributed by atoms with Crippen LogP contribution in [-0.4, -0.2) is 72.4 Å². The zero-order chi connectivity index (χ0) is 39.6. The van der Waals surface area contributed by atoms with Crippen LogP contribution >= 0.6 is 119 Å². The van der Waals surface area contributed by atoms with Gasteiger partial charge in [0, 0.05) is 46.7 Å². The summed E-state index contributed by atoms with van der Waals surface area (Å²) in [6, 6.07) is 0.